The van der Waals surface area contributed by atoms with Gasteiger partial charge in [0.05, 0.1) is 33.3 Å². The normalized spacial score (nSPS) is 11.9. The van der Waals surface area contributed by atoms with Gasteiger partial charge in [-0.3, -0.25) is 4.57 Å². The first-order chi connectivity index (χ1) is 27.8. The zero-order chi connectivity index (χ0) is 36.7. The van der Waals surface area contributed by atoms with E-state index in [-0.39, 0.29) is 0 Å². The van der Waals surface area contributed by atoms with Crippen LogP contribution in [0.3, 0.4) is 0 Å². The maximum Gasteiger partial charge on any atom is 0.235 e. The average molecular weight is 713 g/mol. The van der Waals surface area contributed by atoms with Crippen LogP contribution in [0.1, 0.15) is 0 Å². The molecule has 0 radical (unpaired) electrons. The van der Waals surface area contributed by atoms with Gasteiger partial charge in [0.15, 0.2) is 0 Å². The molecule has 0 aliphatic heterocycles. The van der Waals surface area contributed by atoms with E-state index in [1.807, 2.05) is 0 Å². The highest BCUT2D eigenvalue weighted by Crippen LogP contribution is 2.41. The number of hydrogen-bond acceptors (Lipinski definition) is 2. The van der Waals surface area contributed by atoms with E-state index in [4.69, 9.17) is 9.97 Å². The molecule has 0 saturated heterocycles. The number of para-hydroxylation sites is 2. The smallest absolute Gasteiger partial charge is 0.235 e. The van der Waals surface area contributed by atoms with Crippen LogP contribution in [-0.4, -0.2) is 19.1 Å². The molecule has 4 heteroatoms. The molecule has 0 amide bonds. The van der Waals surface area contributed by atoms with Crippen LogP contribution in [0.5, 0.6) is 0 Å². The first-order valence-electron chi connectivity index (χ1n) is 19.1. The molecule has 9 aromatic carbocycles. The van der Waals surface area contributed by atoms with Crippen LogP contribution in [0.25, 0.3) is 110 Å². The summed E-state index contributed by atoms with van der Waals surface area (Å²) in [5.74, 6) is 0.644. The highest BCUT2D eigenvalue weighted by atomic mass is 15.2. The van der Waals surface area contributed by atoms with Crippen LogP contribution in [0.4, 0.5) is 0 Å². The summed E-state index contributed by atoms with van der Waals surface area (Å²) in [7, 11) is 0. The summed E-state index contributed by atoms with van der Waals surface area (Å²) in [6.45, 7) is 0. The molecule has 3 heterocycles. The average Bonchev–Trinajstić information content (AvgIpc) is 3.79. The van der Waals surface area contributed by atoms with Gasteiger partial charge in [-0.05, 0) is 57.6 Å². The molecule has 0 N–H and O–H groups in total. The Hall–Kier alpha value is -7.56. The van der Waals surface area contributed by atoms with Gasteiger partial charge in [-0.15, -0.1) is 0 Å². The second-order valence-electron chi connectivity index (χ2n) is 14.6. The topological polar surface area (TPSA) is 35.6 Å². The minimum Gasteiger partial charge on any atom is -0.309 e. The van der Waals surface area contributed by atoms with Crippen molar-refractivity contribution < 1.29 is 0 Å². The van der Waals surface area contributed by atoms with Crippen molar-refractivity contribution in [3.05, 3.63) is 194 Å². The van der Waals surface area contributed by atoms with Crippen LogP contribution in [-0.2, 0) is 0 Å². The second-order valence-corrected chi connectivity index (χ2v) is 14.6. The molecule has 0 atom stereocenters. The third kappa shape index (κ3) is 4.53. The summed E-state index contributed by atoms with van der Waals surface area (Å²) in [5, 5.41) is 10.7. The van der Waals surface area contributed by atoms with Crippen molar-refractivity contribution in [2.24, 2.45) is 0 Å². The SMILES string of the molecule is c1ccc(-c2ccc(-c3nc(-n4c5cc(-n6c7ccccc7c7ccc8ccccc8c76)ccc5c5c6ccccc6ccc54)nc4ccccc34)cc2)cc1. The van der Waals surface area contributed by atoms with Gasteiger partial charge in [-0.1, -0.05) is 164 Å². The van der Waals surface area contributed by atoms with Crippen LogP contribution >= 0.6 is 0 Å². The second kappa shape index (κ2) is 12.0. The van der Waals surface area contributed by atoms with Crippen LogP contribution in [0.15, 0.2) is 194 Å². The summed E-state index contributed by atoms with van der Waals surface area (Å²) in [6, 6.07) is 69.6. The van der Waals surface area contributed by atoms with Gasteiger partial charge in [-0.2, -0.15) is 0 Å². The number of benzene rings is 9. The Morgan fingerprint density at radius 2 is 0.964 bits per heavy atom. The highest BCUT2D eigenvalue weighted by molar-refractivity contribution is 6.22. The molecule has 0 fully saturated rings. The van der Waals surface area contributed by atoms with Gasteiger partial charge < -0.3 is 4.57 Å². The van der Waals surface area contributed by atoms with E-state index in [9.17, 15) is 0 Å². The number of nitrogens with zero attached hydrogens (tertiary/aromatic N) is 4. The fraction of sp³-hybridized carbons (Fsp3) is 0. The molecule has 3 aromatic heterocycles. The Morgan fingerprint density at radius 3 is 1.80 bits per heavy atom. The molecule has 0 unspecified atom stereocenters. The zero-order valence-corrected chi connectivity index (χ0v) is 30.3. The zero-order valence-electron chi connectivity index (χ0n) is 30.3. The van der Waals surface area contributed by atoms with Crippen molar-refractivity contribution >= 4 is 76.1 Å². The van der Waals surface area contributed by atoms with E-state index in [0.717, 1.165) is 44.3 Å². The lowest BCUT2D eigenvalue weighted by Crippen LogP contribution is -2.04. The van der Waals surface area contributed by atoms with Gasteiger partial charge in [0, 0.05) is 43.6 Å². The van der Waals surface area contributed by atoms with Crippen LogP contribution < -0.4 is 0 Å². The molecule has 4 nitrogen and oxygen atoms in total. The third-order valence-corrected chi connectivity index (χ3v) is 11.5. The van der Waals surface area contributed by atoms with Crippen molar-refractivity contribution in [2.75, 3.05) is 0 Å². The Labute approximate surface area is 322 Å². The number of rotatable bonds is 4. The van der Waals surface area contributed by atoms with Crippen molar-refractivity contribution in [1.29, 1.82) is 0 Å². The van der Waals surface area contributed by atoms with E-state index < -0.39 is 0 Å². The largest absolute Gasteiger partial charge is 0.309 e. The number of aromatic nitrogens is 4. The monoisotopic (exact) mass is 712 g/mol. The molecule has 0 spiro atoms. The predicted molar refractivity (Wildman–Crippen MR) is 234 cm³/mol. The molecular formula is C52H32N4. The van der Waals surface area contributed by atoms with Gasteiger partial charge in [0.1, 0.15) is 0 Å². The molecule has 12 aromatic rings. The molecule has 0 bridgehead atoms. The van der Waals surface area contributed by atoms with Gasteiger partial charge >= 0.3 is 0 Å². The summed E-state index contributed by atoms with van der Waals surface area (Å²) in [5.41, 5.74) is 10.8. The first kappa shape index (κ1) is 30.9. The van der Waals surface area contributed by atoms with Gasteiger partial charge in [0.2, 0.25) is 5.95 Å². The fourth-order valence-electron chi connectivity index (χ4n) is 8.96. The van der Waals surface area contributed by atoms with Crippen molar-refractivity contribution in [1.82, 2.24) is 19.1 Å². The molecule has 0 aliphatic carbocycles. The Kier molecular flexibility index (Phi) is 6.60. The maximum atomic E-state index is 5.47. The van der Waals surface area contributed by atoms with Gasteiger partial charge in [0.25, 0.3) is 0 Å². The molecule has 0 saturated carbocycles. The van der Waals surface area contributed by atoms with E-state index in [0.29, 0.717) is 5.95 Å². The van der Waals surface area contributed by atoms with E-state index >= 15 is 0 Å². The third-order valence-electron chi connectivity index (χ3n) is 11.5. The summed E-state index contributed by atoms with van der Waals surface area (Å²) >= 11 is 0. The fourth-order valence-corrected chi connectivity index (χ4v) is 8.96. The summed E-state index contributed by atoms with van der Waals surface area (Å²) in [4.78, 5) is 10.8. The van der Waals surface area contributed by atoms with E-state index in [1.165, 1.54) is 59.9 Å². The van der Waals surface area contributed by atoms with E-state index in [2.05, 4.69) is 203 Å². The maximum absolute atomic E-state index is 5.47. The minimum absolute atomic E-state index is 0.644. The van der Waals surface area contributed by atoms with Crippen molar-refractivity contribution in [2.45, 2.75) is 0 Å². The lowest BCUT2D eigenvalue weighted by molar-refractivity contribution is 1.01. The molecular weight excluding hydrogens is 681 g/mol. The summed E-state index contributed by atoms with van der Waals surface area (Å²) in [6.07, 6.45) is 0. The number of fused-ring (bicyclic) bond motifs is 11. The van der Waals surface area contributed by atoms with Gasteiger partial charge in [-0.25, -0.2) is 9.97 Å². The lowest BCUT2D eigenvalue weighted by atomic mass is 10.0. The quantitative estimate of drug-likeness (QED) is 0.182. The highest BCUT2D eigenvalue weighted by Gasteiger charge is 2.21. The molecule has 0 aliphatic rings. The van der Waals surface area contributed by atoms with Crippen molar-refractivity contribution in [3.8, 4) is 34.0 Å². The Balaban J connectivity index is 1.16. The first-order valence-corrected chi connectivity index (χ1v) is 19.1. The van der Waals surface area contributed by atoms with E-state index in [1.54, 1.807) is 0 Å². The molecule has 260 valence electrons. The minimum atomic E-state index is 0.644. The standard InChI is InChI=1S/C52H32N4/c1-2-12-33(13-3-1)34-22-24-37(25-23-34)50-43-19-8-10-20-45(43)53-52(54-50)56-47-31-27-35-14-4-6-16-39(35)49(47)44-30-28-38(32-48(44)56)55-46-21-11-9-18-41(46)42-29-26-36-15-5-7-17-40(36)51(42)55/h1-32H. The predicted octanol–water partition coefficient (Wildman–Crippen LogP) is 13.5. The lowest BCUT2D eigenvalue weighted by Gasteiger charge is -2.13. The Morgan fingerprint density at radius 1 is 0.339 bits per heavy atom. The molecule has 12 rings (SSSR count). The molecule has 56 heavy (non-hydrogen) atoms. The Bertz CT molecular complexity index is 3520. The van der Waals surface area contributed by atoms with Crippen LogP contribution in [0, 0.1) is 0 Å². The summed E-state index contributed by atoms with van der Waals surface area (Å²) < 4.78 is 4.72. The number of hydrogen-bond donors (Lipinski definition) is 0. The van der Waals surface area contributed by atoms with Crippen LogP contribution in [0.2, 0.25) is 0 Å². The van der Waals surface area contributed by atoms with Crippen molar-refractivity contribution in [3.63, 3.8) is 0 Å².